The average Bonchev–Trinajstić information content (AvgIpc) is 2.55. The zero-order valence-corrected chi connectivity index (χ0v) is 13.8. The molecule has 1 aliphatic heterocycles. The van der Waals surface area contributed by atoms with E-state index in [9.17, 15) is 14.4 Å². The summed E-state index contributed by atoms with van der Waals surface area (Å²) in [6.45, 7) is 2.82. The highest BCUT2D eigenvalue weighted by molar-refractivity contribution is 6.04. The summed E-state index contributed by atoms with van der Waals surface area (Å²) in [5, 5.41) is 0. The standard InChI is InChI=1S/C19H16O6/c1-11(20)24-14-5-3-13(4-6-14)17-10-23-18-9-15(25-12(2)21)7-8-16(18)19(17)22/h3-9,17H,10H2,1-2H3/t17-/m0/s1. The van der Waals surface area contributed by atoms with Gasteiger partial charge >= 0.3 is 11.9 Å². The number of ether oxygens (including phenoxy) is 3. The summed E-state index contributed by atoms with van der Waals surface area (Å²) in [6.07, 6.45) is 0. The molecule has 0 fully saturated rings. The number of hydrogen-bond donors (Lipinski definition) is 0. The van der Waals surface area contributed by atoms with Crippen molar-refractivity contribution in [2.24, 2.45) is 0 Å². The van der Waals surface area contributed by atoms with E-state index in [-0.39, 0.29) is 12.4 Å². The zero-order chi connectivity index (χ0) is 18.0. The Morgan fingerprint density at radius 3 is 2.20 bits per heavy atom. The maximum atomic E-state index is 12.7. The SMILES string of the molecule is CC(=O)Oc1ccc([C@@H]2COc3cc(OC(C)=O)ccc3C2=O)cc1. The number of esters is 2. The minimum absolute atomic E-state index is 0.0733. The molecule has 2 aromatic carbocycles. The maximum Gasteiger partial charge on any atom is 0.308 e. The molecule has 0 bridgehead atoms. The second-order valence-corrected chi connectivity index (χ2v) is 5.64. The smallest absolute Gasteiger partial charge is 0.308 e. The van der Waals surface area contributed by atoms with Gasteiger partial charge in [0, 0.05) is 19.9 Å². The molecule has 128 valence electrons. The number of ketones is 1. The van der Waals surface area contributed by atoms with Crippen molar-refractivity contribution < 1.29 is 28.6 Å². The average molecular weight is 340 g/mol. The second kappa shape index (κ2) is 6.76. The van der Waals surface area contributed by atoms with Crippen LogP contribution in [0.25, 0.3) is 0 Å². The monoisotopic (exact) mass is 340 g/mol. The molecule has 6 nitrogen and oxygen atoms in total. The number of hydrogen-bond acceptors (Lipinski definition) is 6. The molecular weight excluding hydrogens is 324 g/mol. The van der Waals surface area contributed by atoms with Gasteiger partial charge in [-0.15, -0.1) is 0 Å². The Bertz CT molecular complexity index is 837. The van der Waals surface area contributed by atoms with Gasteiger partial charge in [0.15, 0.2) is 5.78 Å². The highest BCUT2D eigenvalue weighted by Gasteiger charge is 2.30. The molecule has 0 saturated heterocycles. The fourth-order valence-corrected chi connectivity index (χ4v) is 2.67. The van der Waals surface area contributed by atoms with E-state index in [1.165, 1.54) is 19.9 Å². The van der Waals surface area contributed by atoms with Gasteiger partial charge in [0.2, 0.25) is 0 Å². The van der Waals surface area contributed by atoms with Gasteiger partial charge in [-0.25, -0.2) is 0 Å². The summed E-state index contributed by atoms with van der Waals surface area (Å²) in [6, 6.07) is 11.5. The van der Waals surface area contributed by atoms with Crippen molar-refractivity contribution in [3.05, 3.63) is 53.6 Å². The summed E-state index contributed by atoms with van der Waals surface area (Å²) in [5.74, 6) is -0.198. The minimum Gasteiger partial charge on any atom is -0.492 e. The summed E-state index contributed by atoms with van der Waals surface area (Å²) in [4.78, 5) is 34.7. The quantitative estimate of drug-likeness (QED) is 0.631. The van der Waals surface area contributed by atoms with Crippen molar-refractivity contribution in [1.29, 1.82) is 0 Å². The molecule has 1 atom stereocenters. The van der Waals surface area contributed by atoms with Crippen molar-refractivity contribution in [2.75, 3.05) is 6.61 Å². The number of Topliss-reactive ketones (excluding diaryl/α,β-unsaturated/α-hetero) is 1. The first-order valence-electron chi connectivity index (χ1n) is 7.72. The van der Waals surface area contributed by atoms with E-state index in [1.807, 2.05) is 0 Å². The fourth-order valence-electron chi connectivity index (χ4n) is 2.67. The van der Waals surface area contributed by atoms with Crippen LogP contribution in [0.2, 0.25) is 0 Å². The van der Waals surface area contributed by atoms with Crippen LogP contribution in [0.1, 0.15) is 35.7 Å². The van der Waals surface area contributed by atoms with E-state index < -0.39 is 17.9 Å². The largest absolute Gasteiger partial charge is 0.492 e. The topological polar surface area (TPSA) is 78.9 Å². The Hall–Kier alpha value is -3.15. The van der Waals surface area contributed by atoms with Gasteiger partial charge in [0.25, 0.3) is 0 Å². The van der Waals surface area contributed by atoms with E-state index >= 15 is 0 Å². The fraction of sp³-hybridized carbons (Fsp3) is 0.211. The van der Waals surface area contributed by atoms with Gasteiger partial charge in [-0.05, 0) is 29.8 Å². The Morgan fingerprint density at radius 1 is 0.960 bits per heavy atom. The van der Waals surface area contributed by atoms with Crippen LogP contribution >= 0.6 is 0 Å². The minimum atomic E-state index is -0.446. The van der Waals surface area contributed by atoms with Crippen LogP contribution in [-0.2, 0) is 9.59 Å². The molecule has 3 rings (SSSR count). The molecule has 2 aromatic rings. The van der Waals surface area contributed by atoms with Crippen molar-refractivity contribution in [2.45, 2.75) is 19.8 Å². The summed E-state index contributed by atoms with van der Waals surface area (Å²) in [5.41, 5.74) is 1.21. The van der Waals surface area contributed by atoms with Gasteiger partial charge in [0.1, 0.15) is 23.9 Å². The molecule has 0 radical (unpaired) electrons. The number of fused-ring (bicyclic) bond motifs is 1. The van der Waals surface area contributed by atoms with Crippen molar-refractivity contribution in [3.8, 4) is 17.2 Å². The molecule has 0 amide bonds. The summed E-state index contributed by atoms with van der Waals surface area (Å²) < 4.78 is 15.7. The highest BCUT2D eigenvalue weighted by Crippen LogP contribution is 2.35. The first kappa shape index (κ1) is 16.7. The number of carbonyl (C=O) groups excluding carboxylic acids is 3. The Morgan fingerprint density at radius 2 is 1.56 bits per heavy atom. The predicted octanol–water partition coefficient (Wildman–Crippen LogP) is 2.90. The van der Waals surface area contributed by atoms with Crippen molar-refractivity contribution in [1.82, 2.24) is 0 Å². The normalized spacial score (nSPS) is 15.8. The second-order valence-electron chi connectivity index (χ2n) is 5.64. The number of carbonyl (C=O) groups is 3. The third-order valence-electron chi connectivity index (χ3n) is 3.75. The van der Waals surface area contributed by atoms with Gasteiger partial charge in [0.05, 0.1) is 11.5 Å². The summed E-state index contributed by atoms with van der Waals surface area (Å²) >= 11 is 0. The van der Waals surface area contributed by atoms with Crippen LogP contribution in [0.15, 0.2) is 42.5 Å². The highest BCUT2D eigenvalue weighted by atomic mass is 16.5. The van der Waals surface area contributed by atoms with Gasteiger partial charge in [-0.3, -0.25) is 14.4 Å². The van der Waals surface area contributed by atoms with E-state index in [0.717, 1.165) is 5.56 Å². The third-order valence-corrected chi connectivity index (χ3v) is 3.75. The Labute approximate surface area is 144 Å². The lowest BCUT2D eigenvalue weighted by molar-refractivity contribution is -0.132. The van der Waals surface area contributed by atoms with Crippen molar-refractivity contribution >= 4 is 17.7 Å². The van der Waals surface area contributed by atoms with Crippen LogP contribution < -0.4 is 14.2 Å². The van der Waals surface area contributed by atoms with E-state index in [4.69, 9.17) is 14.2 Å². The molecule has 6 heteroatoms. The zero-order valence-electron chi connectivity index (χ0n) is 13.8. The van der Waals surface area contributed by atoms with Crippen LogP contribution in [0.3, 0.4) is 0 Å². The molecule has 25 heavy (non-hydrogen) atoms. The molecule has 0 unspecified atom stereocenters. The van der Waals surface area contributed by atoms with Crippen LogP contribution in [0, 0.1) is 0 Å². The number of benzene rings is 2. The van der Waals surface area contributed by atoms with Crippen LogP contribution in [0.4, 0.5) is 0 Å². The van der Waals surface area contributed by atoms with Crippen LogP contribution in [-0.4, -0.2) is 24.3 Å². The molecule has 0 N–H and O–H groups in total. The van der Waals surface area contributed by atoms with E-state index in [1.54, 1.807) is 36.4 Å². The van der Waals surface area contributed by atoms with Crippen LogP contribution in [0.5, 0.6) is 17.2 Å². The van der Waals surface area contributed by atoms with Gasteiger partial charge in [-0.1, -0.05) is 12.1 Å². The maximum absolute atomic E-state index is 12.7. The van der Waals surface area contributed by atoms with E-state index in [2.05, 4.69) is 0 Å². The third kappa shape index (κ3) is 3.68. The summed E-state index contributed by atoms with van der Waals surface area (Å²) in [7, 11) is 0. The Kier molecular flexibility index (Phi) is 4.52. The molecule has 1 heterocycles. The lowest BCUT2D eigenvalue weighted by Gasteiger charge is -2.24. The first-order valence-corrected chi connectivity index (χ1v) is 7.72. The molecule has 0 aromatic heterocycles. The molecule has 0 spiro atoms. The molecule has 0 saturated carbocycles. The number of rotatable bonds is 3. The Balaban J connectivity index is 1.81. The molecule has 1 aliphatic rings. The lowest BCUT2D eigenvalue weighted by atomic mass is 9.89. The van der Waals surface area contributed by atoms with Gasteiger partial charge in [-0.2, -0.15) is 0 Å². The predicted molar refractivity (Wildman–Crippen MR) is 88.1 cm³/mol. The van der Waals surface area contributed by atoms with E-state index in [0.29, 0.717) is 22.8 Å². The molecular formula is C19H16O6. The van der Waals surface area contributed by atoms with Crippen molar-refractivity contribution in [3.63, 3.8) is 0 Å². The molecule has 0 aliphatic carbocycles. The van der Waals surface area contributed by atoms with Gasteiger partial charge < -0.3 is 14.2 Å². The lowest BCUT2D eigenvalue weighted by Crippen LogP contribution is -2.26. The first-order chi connectivity index (χ1) is 11.9.